The van der Waals surface area contributed by atoms with E-state index < -0.39 is 42.3 Å². The monoisotopic (exact) mass is 654 g/mol. The summed E-state index contributed by atoms with van der Waals surface area (Å²) in [5.74, 6) is -0.702. The Bertz CT molecular complexity index is 1570. The number of hydrogen-bond acceptors (Lipinski definition) is 6. The van der Waals surface area contributed by atoms with Gasteiger partial charge < -0.3 is 25.7 Å². The van der Waals surface area contributed by atoms with Crippen molar-refractivity contribution in [1.82, 2.24) is 0 Å². The van der Waals surface area contributed by atoms with Crippen LogP contribution in [0.5, 0.6) is 11.5 Å². The van der Waals surface area contributed by atoms with E-state index in [4.69, 9.17) is 25.7 Å². The Kier molecular flexibility index (Phi) is 11.1. The minimum absolute atomic E-state index is 0.0906. The van der Waals surface area contributed by atoms with Crippen molar-refractivity contribution < 1.29 is 41.0 Å². The molecule has 4 rings (SSSR count). The van der Waals surface area contributed by atoms with E-state index in [1.807, 2.05) is 55.5 Å². The molecule has 6 nitrogen and oxygen atoms in total. The number of rotatable bonds is 14. The van der Waals surface area contributed by atoms with E-state index in [0.29, 0.717) is 29.8 Å². The fourth-order valence-corrected chi connectivity index (χ4v) is 4.76. The predicted molar refractivity (Wildman–Crippen MR) is 171 cm³/mol. The zero-order valence-electron chi connectivity index (χ0n) is 25.6. The highest BCUT2D eigenvalue weighted by molar-refractivity contribution is 5.87. The van der Waals surface area contributed by atoms with Crippen molar-refractivity contribution in [2.45, 2.75) is 38.5 Å². The third-order valence-electron chi connectivity index (χ3n) is 7.17. The standard InChI is InChI=1S/C36H35F5N2O4/c1-34(22-26-4-11-29(42)12-5-26,23-27-6-13-30(43)14-7-27)24-46-33(44)19-8-25-2-9-28(10-3-25)36(40,41)47-32-17-15-31(16-18-32)45-21-20-35(37,38)39/h2-19H,20-24,42-43H2,1H3/b19-8+. The van der Waals surface area contributed by atoms with Crippen molar-refractivity contribution in [3.8, 4) is 11.5 Å². The zero-order valence-corrected chi connectivity index (χ0v) is 25.6. The normalized spacial score (nSPS) is 12.2. The molecule has 0 atom stereocenters. The predicted octanol–water partition coefficient (Wildman–Crippen LogP) is 8.36. The summed E-state index contributed by atoms with van der Waals surface area (Å²) in [4.78, 5) is 12.7. The Morgan fingerprint density at radius 3 is 1.74 bits per heavy atom. The summed E-state index contributed by atoms with van der Waals surface area (Å²) in [6.07, 6.45) is -5.28. The Balaban J connectivity index is 1.33. The first-order valence-corrected chi connectivity index (χ1v) is 14.7. The minimum atomic E-state index is -4.36. The van der Waals surface area contributed by atoms with Gasteiger partial charge in [0, 0.05) is 22.9 Å². The lowest BCUT2D eigenvalue weighted by Gasteiger charge is -2.29. The molecule has 0 bridgehead atoms. The van der Waals surface area contributed by atoms with E-state index in [0.717, 1.165) is 23.3 Å². The summed E-state index contributed by atoms with van der Waals surface area (Å²) in [5, 5.41) is 0. The molecule has 0 unspecified atom stereocenters. The second-order valence-corrected chi connectivity index (χ2v) is 11.5. The van der Waals surface area contributed by atoms with Crippen LogP contribution in [-0.2, 0) is 28.5 Å². The molecule has 0 aliphatic carbocycles. The lowest BCUT2D eigenvalue weighted by molar-refractivity contribution is -0.185. The first-order valence-electron chi connectivity index (χ1n) is 14.7. The molecule has 0 spiro atoms. The van der Waals surface area contributed by atoms with Crippen LogP contribution in [0.4, 0.5) is 33.3 Å². The quantitative estimate of drug-likeness (QED) is 0.0614. The van der Waals surface area contributed by atoms with Crippen molar-refractivity contribution >= 4 is 23.4 Å². The minimum Gasteiger partial charge on any atom is -0.493 e. The number of esters is 1. The Morgan fingerprint density at radius 2 is 1.23 bits per heavy atom. The van der Waals surface area contributed by atoms with Gasteiger partial charge in [-0.1, -0.05) is 43.3 Å². The maximum Gasteiger partial charge on any atom is 0.426 e. The molecule has 4 aromatic rings. The van der Waals surface area contributed by atoms with Crippen LogP contribution in [0, 0.1) is 5.41 Å². The van der Waals surface area contributed by atoms with E-state index in [-0.39, 0.29) is 18.1 Å². The first kappa shape index (κ1) is 34.8. The van der Waals surface area contributed by atoms with Gasteiger partial charge in [0.1, 0.15) is 11.5 Å². The summed E-state index contributed by atoms with van der Waals surface area (Å²) in [6, 6.07) is 25.0. The van der Waals surface area contributed by atoms with E-state index in [1.165, 1.54) is 48.6 Å². The molecule has 0 heterocycles. The molecule has 4 aromatic carbocycles. The SMILES string of the molecule is CC(COC(=O)/C=C/c1ccc(C(F)(F)Oc2ccc(OCCC(F)(F)F)cc2)cc1)(Cc1ccc(N)cc1)Cc1ccc(N)cc1. The van der Waals surface area contributed by atoms with Gasteiger partial charge in [-0.05, 0) is 96.3 Å². The Labute approximate surface area is 269 Å². The average molecular weight is 655 g/mol. The molecule has 248 valence electrons. The number of benzene rings is 4. The summed E-state index contributed by atoms with van der Waals surface area (Å²) in [7, 11) is 0. The molecule has 0 saturated carbocycles. The van der Waals surface area contributed by atoms with Crippen molar-refractivity contribution in [1.29, 1.82) is 0 Å². The third-order valence-corrected chi connectivity index (χ3v) is 7.17. The maximum absolute atomic E-state index is 14.8. The lowest BCUT2D eigenvalue weighted by Crippen LogP contribution is -2.30. The van der Waals surface area contributed by atoms with Gasteiger partial charge in [0.15, 0.2) is 0 Å². The number of halogens is 5. The van der Waals surface area contributed by atoms with Crippen LogP contribution in [0.1, 0.15) is 35.6 Å². The topological polar surface area (TPSA) is 96.8 Å². The van der Waals surface area contributed by atoms with Crippen molar-refractivity contribution in [2.24, 2.45) is 5.41 Å². The average Bonchev–Trinajstić information content (AvgIpc) is 3.02. The fraction of sp³-hybridized carbons (Fsp3) is 0.250. The van der Waals surface area contributed by atoms with Crippen molar-refractivity contribution in [3.05, 3.63) is 125 Å². The molecular formula is C36H35F5N2O4. The van der Waals surface area contributed by atoms with E-state index in [2.05, 4.69) is 0 Å². The number of nitrogen functional groups attached to an aromatic ring is 2. The van der Waals surface area contributed by atoms with Gasteiger partial charge in [-0.3, -0.25) is 0 Å². The number of carbonyl (C=O) groups is 1. The zero-order chi connectivity index (χ0) is 34.1. The Morgan fingerprint density at radius 1 is 0.723 bits per heavy atom. The number of anilines is 2. The van der Waals surface area contributed by atoms with E-state index in [1.54, 1.807) is 0 Å². The smallest absolute Gasteiger partial charge is 0.426 e. The molecule has 0 aromatic heterocycles. The van der Waals surface area contributed by atoms with Crippen LogP contribution in [0.2, 0.25) is 0 Å². The molecule has 0 aliphatic heterocycles. The molecule has 0 radical (unpaired) electrons. The molecule has 0 aliphatic rings. The van der Waals surface area contributed by atoms with Gasteiger partial charge in [-0.25, -0.2) is 4.79 Å². The maximum atomic E-state index is 14.8. The highest BCUT2D eigenvalue weighted by Gasteiger charge is 2.34. The Hall–Kier alpha value is -5.06. The van der Waals surface area contributed by atoms with Crippen LogP contribution < -0.4 is 20.9 Å². The van der Waals surface area contributed by atoms with Crippen LogP contribution in [0.3, 0.4) is 0 Å². The number of nitrogens with two attached hydrogens (primary N) is 2. The van der Waals surface area contributed by atoms with Crippen LogP contribution in [-0.4, -0.2) is 25.4 Å². The van der Waals surface area contributed by atoms with Crippen molar-refractivity contribution in [2.75, 3.05) is 24.7 Å². The molecule has 0 fully saturated rings. The first-order chi connectivity index (χ1) is 22.2. The second-order valence-electron chi connectivity index (χ2n) is 11.5. The van der Waals surface area contributed by atoms with Crippen LogP contribution in [0.25, 0.3) is 6.08 Å². The summed E-state index contributed by atoms with van der Waals surface area (Å²) < 4.78 is 81.9. The molecule has 0 amide bonds. The van der Waals surface area contributed by atoms with E-state index in [9.17, 15) is 26.7 Å². The molecular weight excluding hydrogens is 619 g/mol. The summed E-state index contributed by atoms with van der Waals surface area (Å²) in [5.41, 5.74) is 14.6. The van der Waals surface area contributed by atoms with E-state index >= 15 is 0 Å². The molecule has 11 heteroatoms. The van der Waals surface area contributed by atoms with Gasteiger partial charge in [0.25, 0.3) is 0 Å². The fourth-order valence-electron chi connectivity index (χ4n) is 4.76. The molecule has 0 saturated heterocycles. The van der Waals surface area contributed by atoms with Gasteiger partial charge in [0.05, 0.1) is 25.2 Å². The van der Waals surface area contributed by atoms with Gasteiger partial charge >= 0.3 is 18.3 Å². The number of hydrogen-bond donors (Lipinski definition) is 2. The highest BCUT2D eigenvalue weighted by Crippen LogP contribution is 2.33. The number of ether oxygens (including phenoxy) is 3. The number of alkyl halides is 5. The van der Waals surface area contributed by atoms with Crippen LogP contribution in [0.15, 0.2) is 103 Å². The van der Waals surface area contributed by atoms with Crippen LogP contribution >= 0.6 is 0 Å². The molecule has 47 heavy (non-hydrogen) atoms. The number of carbonyl (C=O) groups excluding carboxylic acids is 1. The lowest BCUT2D eigenvalue weighted by atomic mass is 9.79. The summed E-state index contributed by atoms with van der Waals surface area (Å²) in [6.45, 7) is 1.55. The largest absolute Gasteiger partial charge is 0.493 e. The van der Waals surface area contributed by atoms with Gasteiger partial charge in [0.2, 0.25) is 0 Å². The molecule has 4 N–H and O–H groups in total. The third kappa shape index (κ3) is 11.4. The van der Waals surface area contributed by atoms with Crippen molar-refractivity contribution in [3.63, 3.8) is 0 Å². The van der Waals surface area contributed by atoms with Gasteiger partial charge in [-0.15, -0.1) is 0 Å². The van der Waals surface area contributed by atoms with Gasteiger partial charge in [-0.2, -0.15) is 22.0 Å². The summed E-state index contributed by atoms with van der Waals surface area (Å²) >= 11 is 0. The second kappa shape index (κ2) is 15.0. The highest BCUT2D eigenvalue weighted by atomic mass is 19.4.